The first kappa shape index (κ1) is 11.4. The van der Waals surface area contributed by atoms with Gasteiger partial charge in [-0.3, -0.25) is 0 Å². The SMILES string of the molecule is OCCCSCC1CSc2ccccc21. The van der Waals surface area contributed by atoms with Gasteiger partial charge in [-0.25, -0.2) is 0 Å². The standard InChI is InChI=1S/C12H16OS2/c13-6-3-7-14-8-10-9-15-12-5-2-1-4-11(10)12/h1-2,4-5,10,13H,3,6-9H2. The normalized spacial score (nSPS) is 19.1. The molecule has 1 aliphatic heterocycles. The number of thioether (sulfide) groups is 2. The van der Waals surface area contributed by atoms with E-state index < -0.39 is 0 Å². The lowest BCUT2D eigenvalue weighted by Crippen LogP contribution is -2.01. The van der Waals surface area contributed by atoms with E-state index in [1.54, 1.807) is 0 Å². The fourth-order valence-corrected chi connectivity index (χ4v) is 4.24. The van der Waals surface area contributed by atoms with Crippen LogP contribution in [0.4, 0.5) is 0 Å². The molecule has 1 atom stereocenters. The summed E-state index contributed by atoms with van der Waals surface area (Å²) in [7, 11) is 0. The third kappa shape index (κ3) is 2.92. The van der Waals surface area contributed by atoms with Crippen LogP contribution in [0.5, 0.6) is 0 Å². The van der Waals surface area contributed by atoms with Gasteiger partial charge in [0.05, 0.1) is 0 Å². The van der Waals surface area contributed by atoms with Gasteiger partial charge in [-0.05, 0) is 23.8 Å². The molecule has 15 heavy (non-hydrogen) atoms. The van der Waals surface area contributed by atoms with Crippen molar-refractivity contribution >= 4 is 23.5 Å². The van der Waals surface area contributed by atoms with Crippen LogP contribution < -0.4 is 0 Å². The van der Waals surface area contributed by atoms with Crippen LogP contribution in [0.2, 0.25) is 0 Å². The second-order valence-corrected chi connectivity index (χ2v) is 5.91. The molecular formula is C12H16OS2. The summed E-state index contributed by atoms with van der Waals surface area (Å²) in [6.07, 6.45) is 0.923. The molecule has 2 rings (SSSR count). The second-order valence-electron chi connectivity index (χ2n) is 3.70. The highest BCUT2D eigenvalue weighted by atomic mass is 32.2. The highest BCUT2D eigenvalue weighted by Crippen LogP contribution is 2.40. The monoisotopic (exact) mass is 240 g/mol. The smallest absolute Gasteiger partial charge is 0.0438 e. The quantitative estimate of drug-likeness (QED) is 0.799. The Bertz CT molecular complexity index is 314. The lowest BCUT2D eigenvalue weighted by Gasteiger charge is -2.09. The minimum absolute atomic E-state index is 0.322. The van der Waals surface area contributed by atoms with Crippen LogP contribution in [0, 0.1) is 0 Å². The molecule has 0 saturated carbocycles. The molecule has 1 N–H and O–H groups in total. The van der Waals surface area contributed by atoms with Crippen LogP contribution in [0.3, 0.4) is 0 Å². The first-order valence-corrected chi connectivity index (χ1v) is 7.46. The summed E-state index contributed by atoms with van der Waals surface area (Å²) in [5, 5.41) is 8.70. The largest absolute Gasteiger partial charge is 0.396 e. The molecule has 1 aromatic carbocycles. The fraction of sp³-hybridized carbons (Fsp3) is 0.500. The van der Waals surface area contributed by atoms with Crippen molar-refractivity contribution in [3.05, 3.63) is 29.8 Å². The molecule has 82 valence electrons. The lowest BCUT2D eigenvalue weighted by molar-refractivity contribution is 0.296. The highest BCUT2D eigenvalue weighted by molar-refractivity contribution is 8.00. The molecule has 3 heteroatoms. The maximum atomic E-state index is 8.70. The molecule has 0 saturated heterocycles. The number of aliphatic hydroxyl groups excluding tert-OH is 1. The maximum Gasteiger partial charge on any atom is 0.0438 e. The average Bonchev–Trinajstić information content (AvgIpc) is 2.68. The Morgan fingerprint density at radius 3 is 3.13 bits per heavy atom. The average molecular weight is 240 g/mol. The zero-order chi connectivity index (χ0) is 10.5. The van der Waals surface area contributed by atoms with Crippen molar-refractivity contribution in [1.82, 2.24) is 0 Å². The Morgan fingerprint density at radius 1 is 1.40 bits per heavy atom. The van der Waals surface area contributed by atoms with Crippen LogP contribution in [-0.2, 0) is 0 Å². The first-order valence-electron chi connectivity index (χ1n) is 5.32. The van der Waals surface area contributed by atoms with Gasteiger partial charge in [0.1, 0.15) is 0 Å². The Kier molecular flexibility index (Phi) is 4.42. The van der Waals surface area contributed by atoms with E-state index in [1.807, 2.05) is 23.5 Å². The number of aliphatic hydroxyl groups is 1. The summed E-state index contributed by atoms with van der Waals surface area (Å²) >= 11 is 3.94. The Morgan fingerprint density at radius 2 is 2.27 bits per heavy atom. The molecule has 0 aliphatic carbocycles. The summed E-state index contributed by atoms with van der Waals surface area (Å²) in [5.74, 6) is 4.23. The predicted molar refractivity (Wildman–Crippen MR) is 68.9 cm³/mol. The van der Waals surface area contributed by atoms with E-state index in [9.17, 15) is 0 Å². The van der Waals surface area contributed by atoms with Crippen molar-refractivity contribution in [3.8, 4) is 0 Å². The molecule has 1 aromatic rings. The van der Waals surface area contributed by atoms with Crippen LogP contribution in [0.15, 0.2) is 29.2 Å². The van der Waals surface area contributed by atoms with Gasteiger partial charge in [0.25, 0.3) is 0 Å². The van der Waals surface area contributed by atoms with Crippen LogP contribution in [0.25, 0.3) is 0 Å². The van der Waals surface area contributed by atoms with E-state index in [2.05, 4.69) is 24.3 Å². The van der Waals surface area contributed by atoms with Gasteiger partial charge in [-0.1, -0.05) is 18.2 Å². The van der Waals surface area contributed by atoms with E-state index in [-0.39, 0.29) is 0 Å². The van der Waals surface area contributed by atoms with Gasteiger partial charge in [-0.2, -0.15) is 11.8 Å². The summed E-state index contributed by atoms with van der Waals surface area (Å²) in [5.41, 5.74) is 1.53. The first-order chi connectivity index (χ1) is 7.42. The number of hydrogen-bond donors (Lipinski definition) is 1. The van der Waals surface area contributed by atoms with E-state index in [0.717, 1.165) is 18.1 Å². The Hall–Kier alpha value is -0.120. The van der Waals surface area contributed by atoms with Gasteiger partial charge < -0.3 is 5.11 Å². The van der Waals surface area contributed by atoms with Crippen molar-refractivity contribution in [2.75, 3.05) is 23.9 Å². The molecule has 1 heterocycles. The van der Waals surface area contributed by atoms with Crippen LogP contribution in [-0.4, -0.2) is 29.0 Å². The number of rotatable bonds is 5. The number of hydrogen-bond acceptors (Lipinski definition) is 3. The number of fused-ring (bicyclic) bond motifs is 1. The van der Waals surface area contributed by atoms with E-state index in [4.69, 9.17) is 5.11 Å². The molecule has 0 fully saturated rings. The molecule has 1 nitrogen and oxygen atoms in total. The molecular weight excluding hydrogens is 224 g/mol. The van der Waals surface area contributed by atoms with Crippen LogP contribution >= 0.6 is 23.5 Å². The van der Waals surface area contributed by atoms with Gasteiger partial charge in [0, 0.05) is 28.9 Å². The minimum atomic E-state index is 0.322. The topological polar surface area (TPSA) is 20.2 Å². The summed E-state index contributed by atoms with van der Waals surface area (Å²) in [6, 6.07) is 8.73. The molecule has 0 aromatic heterocycles. The molecule has 0 spiro atoms. The van der Waals surface area contributed by atoms with Crippen molar-refractivity contribution < 1.29 is 5.11 Å². The minimum Gasteiger partial charge on any atom is -0.396 e. The molecule has 0 bridgehead atoms. The maximum absolute atomic E-state index is 8.70. The lowest BCUT2D eigenvalue weighted by atomic mass is 10.0. The zero-order valence-corrected chi connectivity index (χ0v) is 10.3. The third-order valence-electron chi connectivity index (χ3n) is 2.56. The van der Waals surface area contributed by atoms with Gasteiger partial charge in [0.15, 0.2) is 0 Å². The molecule has 1 unspecified atom stereocenters. The van der Waals surface area contributed by atoms with Crippen molar-refractivity contribution in [2.45, 2.75) is 17.2 Å². The summed E-state index contributed by atoms with van der Waals surface area (Å²) in [4.78, 5) is 1.46. The molecule has 0 amide bonds. The highest BCUT2D eigenvalue weighted by Gasteiger charge is 2.21. The zero-order valence-electron chi connectivity index (χ0n) is 8.69. The van der Waals surface area contributed by atoms with Crippen LogP contribution in [0.1, 0.15) is 17.9 Å². The fourth-order valence-electron chi connectivity index (χ4n) is 1.76. The van der Waals surface area contributed by atoms with Gasteiger partial charge >= 0.3 is 0 Å². The number of benzene rings is 1. The van der Waals surface area contributed by atoms with Gasteiger partial charge in [-0.15, -0.1) is 11.8 Å². The van der Waals surface area contributed by atoms with E-state index in [0.29, 0.717) is 6.61 Å². The molecule has 0 radical (unpaired) electrons. The Balaban J connectivity index is 1.85. The van der Waals surface area contributed by atoms with Crippen molar-refractivity contribution in [2.24, 2.45) is 0 Å². The summed E-state index contributed by atoms with van der Waals surface area (Å²) in [6.45, 7) is 0.322. The van der Waals surface area contributed by atoms with E-state index in [1.165, 1.54) is 22.0 Å². The van der Waals surface area contributed by atoms with Crippen molar-refractivity contribution in [3.63, 3.8) is 0 Å². The van der Waals surface area contributed by atoms with E-state index >= 15 is 0 Å². The van der Waals surface area contributed by atoms with Crippen molar-refractivity contribution in [1.29, 1.82) is 0 Å². The second kappa shape index (κ2) is 5.83. The Labute approximate surface area is 99.7 Å². The summed E-state index contributed by atoms with van der Waals surface area (Å²) < 4.78 is 0. The predicted octanol–water partition coefficient (Wildman–Crippen LogP) is 2.99. The van der Waals surface area contributed by atoms with Gasteiger partial charge in [0.2, 0.25) is 0 Å². The molecule has 1 aliphatic rings. The third-order valence-corrected chi connectivity index (χ3v) is 5.03.